The maximum atomic E-state index is 12.0. The van der Waals surface area contributed by atoms with E-state index in [0.29, 0.717) is 0 Å². The van der Waals surface area contributed by atoms with E-state index in [1.165, 1.54) is 12.1 Å². The molecule has 0 bridgehead atoms. The summed E-state index contributed by atoms with van der Waals surface area (Å²) < 4.78 is 39.7. The molecule has 104 valence electrons. The van der Waals surface area contributed by atoms with Crippen LogP contribution in [0.2, 0.25) is 0 Å². The van der Waals surface area contributed by atoms with Crippen molar-refractivity contribution in [2.45, 2.75) is 27.1 Å². The number of ether oxygens (including phenoxy) is 1. The summed E-state index contributed by atoms with van der Waals surface area (Å²) in [6.07, 6.45) is -4.64. The monoisotopic (exact) mass is 288 g/mol. The van der Waals surface area contributed by atoms with Crippen molar-refractivity contribution < 1.29 is 17.9 Å². The standard InChI is InChI=1S/C12H9F3OS.C2H6/c1-8-11(6-7-17-8)9-2-4-10(5-3-9)16-12(13,14)15;1-2/h2-7H,1H3;1-2H3. The zero-order valence-corrected chi connectivity index (χ0v) is 11.7. The van der Waals surface area contributed by atoms with Gasteiger partial charge in [-0.3, -0.25) is 0 Å². The molecule has 0 saturated heterocycles. The van der Waals surface area contributed by atoms with Crippen LogP contribution in [-0.4, -0.2) is 6.36 Å². The van der Waals surface area contributed by atoms with Crippen molar-refractivity contribution in [3.05, 3.63) is 40.6 Å². The lowest BCUT2D eigenvalue weighted by Gasteiger charge is -2.09. The van der Waals surface area contributed by atoms with E-state index < -0.39 is 6.36 Å². The smallest absolute Gasteiger partial charge is 0.406 e. The van der Waals surface area contributed by atoms with E-state index >= 15 is 0 Å². The van der Waals surface area contributed by atoms with Crippen molar-refractivity contribution in [3.8, 4) is 16.9 Å². The molecule has 0 radical (unpaired) electrons. The van der Waals surface area contributed by atoms with Gasteiger partial charge in [-0.05, 0) is 41.6 Å². The highest BCUT2D eigenvalue weighted by Gasteiger charge is 2.30. The molecular weight excluding hydrogens is 273 g/mol. The first-order valence-corrected chi connectivity index (χ1v) is 6.74. The van der Waals surface area contributed by atoms with Gasteiger partial charge >= 0.3 is 6.36 Å². The molecule has 2 aromatic rings. The van der Waals surface area contributed by atoms with E-state index in [1.807, 2.05) is 32.2 Å². The molecule has 0 amide bonds. The molecule has 19 heavy (non-hydrogen) atoms. The van der Waals surface area contributed by atoms with Gasteiger partial charge < -0.3 is 4.74 Å². The predicted octanol–water partition coefficient (Wildman–Crippen LogP) is 5.65. The van der Waals surface area contributed by atoms with Gasteiger partial charge in [0, 0.05) is 4.88 Å². The lowest BCUT2D eigenvalue weighted by molar-refractivity contribution is -0.274. The van der Waals surface area contributed by atoms with Gasteiger partial charge in [0.25, 0.3) is 0 Å². The second-order valence-corrected chi connectivity index (χ2v) is 4.58. The number of thiophene rings is 1. The molecule has 0 atom stereocenters. The van der Waals surface area contributed by atoms with E-state index in [4.69, 9.17) is 0 Å². The third kappa shape index (κ3) is 4.59. The van der Waals surface area contributed by atoms with Gasteiger partial charge in [0.15, 0.2) is 0 Å². The molecule has 5 heteroatoms. The first-order chi connectivity index (χ1) is 8.96. The van der Waals surface area contributed by atoms with Crippen LogP contribution in [0.4, 0.5) is 13.2 Å². The van der Waals surface area contributed by atoms with Gasteiger partial charge in [0.05, 0.1) is 0 Å². The summed E-state index contributed by atoms with van der Waals surface area (Å²) in [5, 5.41) is 1.95. The van der Waals surface area contributed by atoms with Crippen LogP contribution in [0.5, 0.6) is 5.75 Å². The van der Waals surface area contributed by atoms with Crippen molar-refractivity contribution >= 4 is 11.3 Å². The van der Waals surface area contributed by atoms with Crippen molar-refractivity contribution in [1.82, 2.24) is 0 Å². The first kappa shape index (κ1) is 15.6. The minimum absolute atomic E-state index is 0.200. The number of hydrogen-bond acceptors (Lipinski definition) is 2. The van der Waals surface area contributed by atoms with Gasteiger partial charge in [0.1, 0.15) is 5.75 Å². The minimum atomic E-state index is -4.64. The van der Waals surface area contributed by atoms with Gasteiger partial charge in [-0.1, -0.05) is 26.0 Å². The van der Waals surface area contributed by atoms with E-state index in [2.05, 4.69) is 4.74 Å². The quantitative estimate of drug-likeness (QED) is 0.694. The highest BCUT2D eigenvalue weighted by Crippen LogP contribution is 2.30. The second kappa shape index (κ2) is 6.61. The SMILES string of the molecule is CC.Cc1sccc1-c1ccc(OC(F)(F)F)cc1. The molecule has 0 saturated carbocycles. The zero-order chi connectivity index (χ0) is 14.5. The van der Waals surface area contributed by atoms with Crippen molar-refractivity contribution in [1.29, 1.82) is 0 Å². The molecule has 0 aliphatic rings. The van der Waals surface area contributed by atoms with Gasteiger partial charge in [-0.15, -0.1) is 24.5 Å². The molecular formula is C14H15F3OS. The minimum Gasteiger partial charge on any atom is -0.406 e. The molecule has 0 spiro atoms. The van der Waals surface area contributed by atoms with Crippen LogP contribution in [0.15, 0.2) is 35.7 Å². The Morgan fingerprint density at radius 2 is 1.58 bits per heavy atom. The fourth-order valence-electron chi connectivity index (χ4n) is 1.52. The molecule has 1 aromatic heterocycles. The Balaban J connectivity index is 0.000000861. The normalized spacial score (nSPS) is 10.6. The van der Waals surface area contributed by atoms with Gasteiger partial charge in [-0.2, -0.15) is 0 Å². The van der Waals surface area contributed by atoms with Crippen LogP contribution >= 0.6 is 11.3 Å². The maximum absolute atomic E-state index is 12.0. The topological polar surface area (TPSA) is 9.23 Å². The lowest BCUT2D eigenvalue weighted by Crippen LogP contribution is -2.16. The molecule has 1 nitrogen and oxygen atoms in total. The van der Waals surface area contributed by atoms with Crippen LogP contribution in [0, 0.1) is 6.92 Å². The molecule has 0 unspecified atom stereocenters. The van der Waals surface area contributed by atoms with E-state index in [0.717, 1.165) is 16.0 Å². The average Bonchev–Trinajstić information content (AvgIpc) is 2.77. The maximum Gasteiger partial charge on any atom is 0.573 e. The highest BCUT2D eigenvalue weighted by molar-refractivity contribution is 7.10. The van der Waals surface area contributed by atoms with Crippen LogP contribution in [0.25, 0.3) is 11.1 Å². The van der Waals surface area contributed by atoms with Crippen LogP contribution < -0.4 is 4.74 Å². The molecule has 0 aliphatic heterocycles. The van der Waals surface area contributed by atoms with Crippen molar-refractivity contribution in [2.75, 3.05) is 0 Å². The summed E-state index contributed by atoms with van der Waals surface area (Å²) in [7, 11) is 0. The van der Waals surface area contributed by atoms with E-state index in [9.17, 15) is 13.2 Å². The van der Waals surface area contributed by atoms with E-state index in [1.54, 1.807) is 23.5 Å². The second-order valence-electron chi connectivity index (χ2n) is 3.46. The van der Waals surface area contributed by atoms with Crippen LogP contribution in [0.3, 0.4) is 0 Å². The Morgan fingerprint density at radius 3 is 2.00 bits per heavy atom. The van der Waals surface area contributed by atoms with Crippen molar-refractivity contribution in [3.63, 3.8) is 0 Å². The Hall–Kier alpha value is -1.49. The predicted molar refractivity (Wildman–Crippen MR) is 72.5 cm³/mol. The average molecular weight is 288 g/mol. The van der Waals surface area contributed by atoms with Gasteiger partial charge in [-0.25, -0.2) is 0 Å². The van der Waals surface area contributed by atoms with Crippen molar-refractivity contribution in [2.24, 2.45) is 0 Å². The summed E-state index contributed by atoms with van der Waals surface area (Å²) >= 11 is 1.60. The summed E-state index contributed by atoms with van der Waals surface area (Å²) in [4.78, 5) is 1.13. The number of rotatable bonds is 2. The summed E-state index contributed by atoms with van der Waals surface area (Å²) in [5.41, 5.74) is 1.92. The highest BCUT2D eigenvalue weighted by atomic mass is 32.1. The lowest BCUT2D eigenvalue weighted by atomic mass is 10.1. The van der Waals surface area contributed by atoms with Crippen LogP contribution in [0.1, 0.15) is 18.7 Å². The Labute approximate surface area is 114 Å². The fourth-order valence-corrected chi connectivity index (χ4v) is 2.24. The molecule has 0 aliphatic carbocycles. The Bertz CT molecular complexity index is 500. The number of halogens is 3. The van der Waals surface area contributed by atoms with Crippen LogP contribution in [-0.2, 0) is 0 Å². The van der Waals surface area contributed by atoms with E-state index in [-0.39, 0.29) is 5.75 Å². The third-order valence-electron chi connectivity index (χ3n) is 2.26. The number of hydrogen-bond donors (Lipinski definition) is 0. The zero-order valence-electron chi connectivity index (χ0n) is 10.9. The Morgan fingerprint density at radius 1 is 1.00 bits per heavy atom. The number of alkyl halides is 3. The molecule has 1 heterocycles. The number of benzene rings is 1. The number of aryl methyl sites for hydroxylation is 1. The third-order valence-corrected chi connectivity index (χ3v) is 3.10. The fraction of sp³-hybridized carbons (Fsp3) is 0.286. The molecule has 0 N–H and O–H groups in total. The summed E-state index contributed by atoms with van der Waals surface area (Å²) in [5.74, 6) is -0.200. The largest absolute Gasteiger partial charge is 0.573 e. The summed E-state index contributed by atoms with van der Waals surface area (Å²) in [6, 6.07) is 7.83. The first-order valence-electron chi connectivity index (χ1n) is 5.86. The molecule has 2 rings (SSSR count). The molecule has 1 aromatic carbocycles. The molecule has 0 fully saturated rings. The Kier molecular flexibility index (Phi) is 5.42. The summed E-state index contributed by atoms with van der Waals surface area (Å²) in [6.45, 7) is 5.97. The van der Waals surface area contributed by atoms with Gasteiger partial charge in [0.2, 0.25) is 0 Å².